The van der Waals surface area contributed by atoms with Crippen molar-refractivity contribution in [1.29, 1.82) is 0 Å². The minimum absolute atomic E-state index is 0.390. The molecule has 2 nitrogen and oxygen atoms in total. The van der Waals surface area contributed by atoms with E-state index in [1.807, 2.05) is 95.3 Å². The lowest BCUT2D eigenvalue weighted by atomic mass is 10.3. The first kappa shape index (κ1) is 27.5. The van der Waals surface area contributed by atoms with Gasteiger partial charge in [-0.1, -0.05) is 84.9 Å². The lowest BCUT2D eigenvalue weighted by Gasteiger charge is -2.03. The summed E-state index contributed by atoms with van der Waals surface area (Å²) in [7, 11) is 0. The fraction of sp³-hybridized carbons (Fsp3) is 0.458. The van der Waals surface area contributed by atoms with Gasteiger partial charge in [-0.2, -0.15) is 11.8 Å². The monoisotopic (exact) mass is 390 g/mol. The molecule has 3 heteroatoms. The van der Waals surface area contributed by atoms with E-state index in [0.29, 0.717) is 16.8 Å². The summed E-state index contributed by atoms with van der Waals surface area (Å²) in [6.07, 6.45) is 1.73. The van der Waals surface area contributed by atoms with E-state index in [1.165, 1.54) is 0 Å². The Bertz CT molecular complexity index is 501. The quantitative estimate of drug-likeness (QED) is 0.478. The van der Waals surface area contributed by atoms with Crippen LogP contribution in [-0.4, -0.2) is 16.8 Å². The molecule has 152 valence electrons. The molecule has 0 heterocycles. The van der Waals surface area contributed by atoms with Crippen LogP contribution in [0, 0.1) is 0 Å². The van der Waals surface area contributed by atoms with Gasteiger partial charge in [0.15, 0.2) is 0 Å². The summed E-state index contributed by atoms with van der Waals surface area (Å²) in [5.41, 5.74) is 0. The van der Waals surface area contributed by atoms with Crippen molar-refractivity contribution in [3.8, 4) is 11.5 Å². The number of benzene rings is 2. The number of carbonyl (C=O) groups is 1. The van der Waals surface area contributed by atoms with Crippen LogP contribution in [0.15, 0.2) is 60.7 Å². The van der Waals surface area contributed by atoms with Gasteiger partial charge in [0.1, 0.15) is 17.3 Å². The molecule has 0 saturated heterocycles. The number of hydrogen-bond donors (Lipinski definition) is 0. The first-order valence-electron chi connectivity index (χ1n) is 10.0. The van der Waals surface area contributed by atoms with Gasteiger partial charge in [-0.15, -0.1) is 0 Å². The topological polar surface area (TPSA) is 26.3 Å². The van der Waals surface area contributed by atoms with Gasteiger partial charge >= 0.3 is 0 Å². The second kappa shape index (κ2) is 20.6. The van der Waals surface area contributed by atoms with E-state index in [9.17, 15) is 4.79 Å². The molecule has 0 aliphatic heterocycles. The van der Waals surface area contributed by atoms with E-state index in [2.05, 4.69) is 13.8 Å². The summed E-state index contributed by atoms with van der Waals surface area (Å²) in [6, 6.07) is 19.5. The molecule has 2 rings (SSSR count). The van der Waals surface area contributed by atoms with Crippen molar-refractivity contribution in [2.24, 2.45) is 0 Å². The molecule has 0 aromatic heterocycles. The summed E-state index contributed by atoms with van der Waals surface area (Å²) >= 11 is 1.73. The Kier molecular flexibility index (Phi) is 20.9. The zero-order valence-corrected chi connectivity index (χ0v) is 19.0. The van der Waals surface area contributed by atoms with Crippen molar-refractivity contribution in [1.82, 2.24) is 0 Å². The molecule has 0 amide bonds. The molecule has 0 bridgehead atoms. The number of ketones is 1. The summed E-state index contributed by atoms with van der Waals surface area (Å²) < 4.78 is 5.58. The highest BCUT2D eigenvalue weighted by molar-refractivity contribution is 8.00. The molecule has 0 aliphatic rings. The predicted molar refractivity (Wildman–Crippen MR) is 123 cm³/mol. The second-order valence-electron chi connectivity index (χ2n) is 5.38. The lowest BCUT2D eigenvalue weighted by molar-refractivity contribution is -0.116. The molecule has 0 unspecified atom stereocenters. The highest BCUT2D eigenvalue weighted by Gasteiger charge is 2.01. The Morgan fingerprint density at radius 1 is 0.852 bits per heavy atom. The number of thioether (sulfide) groups is 1. The Labute approximate surface area is 171 Å². The Morgan fingerprint density at radius 3 is 1.59 bits per heavy atom. The SMILES string of the molecule is CC.CC.CCCC(=O)CSC(C)C.c1ccc(Oc2ccccc2)cc1. The Hall–Kier alpha value is -1.74. The van der Waals surface area contributed by atoms with Crippen LogP contribution >= 0.6 is 11.8 Å². The van der Waals surface area contributed by atoms with Gasteiger partial charge < -0.3 is 4.74 Å². The third-order valence-corrected chi connectivity index (χ3v) is 3.98. The fourth-order valence-corrected chi connectivity index (χ4v) is 2.39. The molecule has 2 aromatic rings. The van der Waals surface area contributed by atoms with Gasteiger partial charge in [-0.05, 0) is 35.9 Å². The molecular weight excluding hydrogens is 352 g/mol. The Morgan fingerprint density at radius 2 is 1.26 bits per heavy atom. The molecular formula is C24H38O2S. The van der Waals surface area contributed by atoms with Crippen LogP contribution in [-0.2, 0) is 4.79 Å². The third-order valence-electron chi connectivity index (χ3n) is 2.83. The molecule has 0 saturated carbocycles. The van der Waals surface area contributed by atoms with E-state index in [1.54, 1.807) is 11.8 Å². The van der Waals surface area contributed by atoms with E-state index in [4.69, 9.17) is 4.74 Å². The number of Topliss-reactive ketones (excluding diaryl/α,β-unsaturated/α-hetero) is 1. The van der Waals surface area contributed by atoms with Crippen LogP contribution in [0.2, 0.25) is 0 Å². The van der Waals surface area contributed by atoms with Crippen LogP contribution in [0.3, 0.4) is 0 Å². The van der Waals surface area contributed by atoms with Gasteiger partial charge in [0.25, 0.3) is 0 Å². The number of carbonyl (C=O) groups excluding carboxylic acids is 1. The molecule has 27 heavy (non-hydrogen) atoms. The lowest BCUT2D eigenvalue weighted by Crippen LogP contribution is -2.02. The summed E-state index contributed by atoms with van der Waals surface area (Å²) in [4.78, 5) is 10.9. The molecule has 0 N–H and O–H groups in total. The van der Waals surface area contributed by atoms with Crippen molar-refractivity contribution in [2.75, 3.05) is 5.75 Å². The smallest absolute Gasteiger partial charge is 0.142 e. The summed E-state index contributed by atoms with van der Waals surface area (Å²) in [6.45, 7) is 14.3. The largest absolute Gasteiger partial charge is 0.457 e. The Balaban J connectivity index is 0. The van der Waals surface area contributed by atoms with Crippen LogP contribution in [0.1, 0.15) is 61.3 Å². The normalized spacial score (nSPS) is 8.89. The van der Waals surface area contributed by atoms with Crippen molar-refractivity contribution in [2.45, 2.75) is 66.6 Å². The van der Waals surface area contributed by atoms with Gasteiger partial charge in [0.2, 0.25) is 0 Å². The van der Waals surface area contributed by atoms with Crippen LogP contribution in [0.5, 0.6) is 11.5 Å². The highest BCUT2D eigenvalue weighted by Crippen LogP contribution is 2.19. The average Bonchev–Trinajstić information content (AvgIpc) is 2.72. The van der Waals surface area contributed by atoms with Gasteiger partial charge in [0.05, 0.1) is 5.75 Å². The van der Waals surface area contributed by atoms with Crippen molar-refractivity contribution < 1.29 is 9.53 Å². The standard InChI is InChI=1S/C12H10O.C8H16OS.2C2H6/c1-3-7-11(8-4-1)13-12-9-5-2-6-10-12;1-4-5-8(9)6-10-7(2)3;2*1-2/h1-10H;7H,4-6H2,1-3H3;2*1-2H3. The summed E-state index contributed by atoms with van der Waals surface area (Å²) in [5, 5.41) is 0.584. The minimum atomic E-state index is 0.390. The maximum Gasteiger partial charge on any atom is 0.142 e. The first-order valence-corrected chi connectivity index (χ1v) is 11.1. The zero-order chi connectivity index (χ0) is 20.9. The number of rotatable bonds is 7. The van der Waals surface area contributed by atoms with E-state index >= 15 is 0 Å². The first-order chi connectivity index (χ1) is 13.1. The minimum Gasteiger partial charge on any atom is -0.457 e. The van der Waals surface area contributed by atoms with Gasteiger partial charge in [-0.3, -0.25) is 4.79 Å². The number of ether oxygens (including phenoxy) is 1. The molecule has 0 atom stereocenters. The predicted octanol–water partition coefficient (Wildman–Crippen LogP) is 8.03. The molecule has 0 aliphatic carbocycles. The van der Waals surface area contributed by atoms with Gasteiger partial charge in [0, 0.05) is 6.42 Å². The molecule has 0 fully saturated rings. The van der Waals surface area contributed by atoms with E-state index < -0.39 is 0 Å². The maximum atomic E-state index is 10.9. The second-order valence-corrected chi connectivity index (χ2v) is 6.94. The van der Waals surface area contributed by atoms with E-state index in [0.717, 1.165) is 24.3 Å². The zero-order valence-electron chi connectivity index (χ0n) is 18.2. The molecule has 0 radical (unpaired) electrons. The molecule has 0 spiro atoms. The van der Waals surface area contributed by atoms with Crippen LogP contribution in [0.25, 0.3) is 0 Å². The fourth-order valence-electron chi connectivity index (χ4n) is 1.72. The highest BCUT2D eigenvalue weighted by atomic mass is 32.2. The average molecular weight is 391 g/mol. The van der Waals surface area contributed by atoms with Crippen LogP contribution in [0.4, 0.5) is 0 Å². The number of hydrogen-bond acceptors (Lipinski definition) is 3. The third kappa shape index (κ3) is 17.4. The van der Waals surface area contributed by atoms with Crippen molar-refractivity contribution in [3.63, 3.8) is 0 Å². The van der Waals surface area contributed by atoms with Gasteiger partial charge in [-0.25, -0.2) is 0 Å². The number of para-hydroxylation sites is 2. The maximum absolute atomic E-state index is 10.9. The summed E-state index contributed by atoms with van der Waals surface area (Å²) in [5.74, 6) is 2.83. The van der Waals surface area contributed by atoms with Crippen molar-refractivity contribution in [3.05, 3.63) is 60.7 Å². The van der Waals surface area contributed by atoms with Crippen molar-refractivity contribution >= 4 is 17.5 Å². The van der Waals surface area contributed by atoms with Crippen LogP contribution < -0.4 is 4.74 Å². The van der Waals surface area contributed by atoms with E-state index in [-0.39, 0.29) is 0 Å². The molecule has 2 aromatic carbocycles.